The SMILES string of the molecule is CCOc1ncccc1-c1ccc(OC2CC3(CNC3)C2)c(OC2CCN(C)C2)n1. The second-order valence-electron chi connectivity index (χ2n) is 8.83. The quantitative estimate of drug-likeness (QED) is 0.753. The van der Waals surface area contributed by atoms with Crippen molar-refractivity contribution < 1.29 is 14.2 Å². The zero-order valence-electron chi connectivity index (χ0n) is 17.8. The monoisotopic (exact) mass is 410 g/mol. The zero-order valence-corrected chi connectivity index (χ0v) is 17.8. The van der Waals surface area contributed by atoms with Crippen molar-refractivity contribution >= 4 is 0 Å². The maximum absolute atomic E-state index is 6.35. The highest BCUT2D eigenvalue weighted by molar-refractivity contribution is 5.66. The van der Waals surface area contributed by atoms with Crippen LogP contribution in [0.1, 0.15) is 26.2 Å². The largest absolute Gasteiger partial charge is 0.485 e. The summed E-state index contributed by atoms with van der Waals surface area (Å²) in [6.07, 6.45) is 5.31. The highest BCUT2D eigenvalue weighted by atomic mass is 16.5. The summed E-state index contributed by atoms with van der Waals surface area (Å²) in [4.78, 5) is 11.5. The van der Waals surface area contributed by atoms with Crippen LogP contribution in [0.15, 0.2) is 30.5 Å². The maximum atomic E-state index is 6.35. The smallest absolute Gasteiger partial charge is 0.257 e. The predicted octanol–water partition coefficient (Wildman–Crippen LogP) is 2.76. The topological polar surface area (TPSA) is 68.7 Å². The average molecular weight is 411 g/mol. The van der Waals surface area contributed by atoms with E-state index in [0.29, 0.717) is 23.8 Å². The molecule has 3 aliphatic rings. The third kappa shape index (κ3) is 3.84. The first-order valence-electron chi connectivity index (χ1n) is 11.0. The van der Waals surface area contributed by atoms with E-state index in [1.807, 2.05) is 31.2 Å². The van der Waals surface area contributed by atoms with Crippen LogP contribution in [-0.4, -0.2) is 66.9 Å². The van der Waals surface area contributed by atoms with E-state index in [1.165, 1.54) is 0 Å². The van der Waals surface area contributed by atoms with Gasteiger partial charge in [-0.2, -0.15) is 0 Å². The number of ether oxygens (including phenoxy) is 3. The van der Waals surface area contributed by atoms with Crippen LogP contribution in [0.25, 0.3) is 11.3 Å². The van der Waals surface area contributed by atoms with Crippen molar-refractivity contribution in [1.82, 2.24) is 20.2 Å². The number of rotatable bonds is 7. The number of likely N-dealkylation sites (N-methyl/N-ethyl adjacent to an activating group) is 1. The van der Waals surface area contributed by atoms with Crippen LogP contribution in [0.5, 0.6) is 17.5 Å². The van der Waals surface area contributed by atoms with E-state index in [2.05, 4.69) is 22.2 Å². The molecule has 7 heteroatoms. The van der Waals surface area contributed by atoms with Gasteiger partial charge in [-0.3, -0.25) is 0 Å². The molecule has 1 spiro atoms. The van der Waals surface area contributed by atoms with Gasteiger partial charge in [-0.05, 0) is 57.5 Å². The minimum atomic E-state index is 0.129. The Labute approximate surface area is 177 Å². The Bertz CT molecular complexity index is 894. The third-order valence-electron chi connectivity index (χ3n) is 6.39. The number of pyridine rings is 2. The lowest BCUT2D eigenvalue weighted by atomic mass is 9.63. The maximum Gasteiger partial charge on any atom is 0.257 e. The Morgan fingerprint density at radius 1 is 1.13 bits per heavy atom. The zero-order chi connectivity index (χ0) is 20.6. The molecule has 2 aromatic heterocycles. The van der Waals surface area contributed by atoms with Crippen LogP contribution in [0.3, 0.4) is 0 Å². The van der Waals surface area contributed by atoms with Crippen molar-refractivity contribution in [3.63, 3.8) is 0 Å². The first kappa shape index (κ1) is 19.6. The summed E-state index contributed by atoms with van der Waals surface area (Å²) in [7, 11) is 2.12. The van der Waals surface area contributed by atoms with E-state index in [4.69, 9.17) is 19.2 Å². The van der Waals surface area contributed by atoms with Gasteiger partial charge in [0.25, 0.3) is 5.88 Å². The molecule has 4 heterocycles. The van der Waals surface area contributed by atoms with Crippen molar-refractivity contribution in [1.29, 1.82) is 0 Å². The van der Waals surface area contributed by atoms with E-state index < -0.39 is 0 Å². The number of hydrogen-bond donors (Lipinski definition) is 1. The first-order valence-corrected chi connectivity index (χ1v) is 11.0. The summed E-state index contributed by atoms with van der Waals surface area (Å²) in [5, 5.41) is 3.38. The molecule has 0 radical (unpaired) electrons. The summed E-state index contributed by atoms with van der Waals surface area (Å²) < 4.78 is 18.4. The normalized spacial score (nSPS) is 23.1. The highest BCUT2D eigenvalue weighted by Crippen LogP contribution is 2.47. The van der Waals surface area contributed by atoms with Crippen LogP contribution in [0, 0.1) is 5.41 Å². The van der Waals surface area contributed by atoms with Gasteiger partial charge in [0, 0.05) is 37.8 Å². The second-order valence-corrected chi connectivity index (χ2v) is 8.83. The van der Waals surface area contributed by atoms with Gasteiger partial charge < -0.3 is 24.4 Å². The molecule has 2 saturated heterocycles. The Morgan fingerprint density at radius 3 is 2.70 bits per heavy atom. The molecule has 7 nitrogen and oxygen atoms in total. The van der Waals surface area contributed by atoms with E-state index in [1.54, 1.807) is 6.20 Å². The standard InChI is InChI=1S/C23H30N4O3/c1-3-28-21-18(5-4-9-25-21)19-6-7-20(29-17-11-23(12-17)14-24-15-23)22(26-19)30-16-8-10-27(2)13-16/h4-7,9,16-17,24H,3,8,10-15H2,1-2H3. The lowest BCUT2D eigenvalue weighted by Crippen LogP contribution is -2.62. The molecule has 0 bridgehead atoms. The van der Waals surface area contributed by atoms with Gasteiger partial charge in [0.15, 0.2) is 5.75 Å². The number of aromatic nitrogens is 2. The molecule has 160 valence electrons. The summed E-state index contributed by atoms with van der Waals surface area (Å²) in [5.41, 5.74) is 2.12. The summed E-state index contributed by atoms with van der Waals surface area (Å²) in [6, 6.07) is 7.84. The molecular weight excluding hydrogens is 380 g/mol. The molecule has 0 amide bonds. The van der Waals surface area contributed by atoms with Gasteiger partial charge >= 0.3 is 0 Å². The summed E-state index contributed by atoms with van der Waals surface area (Å²) in [6.45, 7) is 6.68. The number of nitrogens with zero attached hydrogens (tertiary/aromatic N) is 3. The molecular formula is C23H30N4O3. The fourth-order valence-corrected chi connectivity index (χ4v) is 4.67. The highest BCUT2D eigenvalue weighted by Gasteiger charge is 2.49. The van der Waals surface area contributed by atoms with Crippen molar-refractivity contribution in [2.24, 2.45) is 5.41 Å². The van der Waals surface area contributed by atoms with Gasteiger partial charge in [0.05, 0.1) is 17.9 Å². The fourth-order valence-electron chi connectivity index (χ4n) is 4.67. The minimum absolute atomic E-state index is 0.129. The Kier molecular flexibility index (Phi) is 5.25. The Balaban J connectivity index is 1.40. The van der Waals surface area contributed by atoms with Gasteiger partial charge in [-0.1, -0.05) is 0 Å². The summed E-state index contributed by atoms with van der Waals surface area (Å²) >= 11 is 0. The third-order valence-corrected chi connectivity index (χ3v) is 6.39. The summed E-state index contributed by atoms with van der Waals surface area (Å²) in [5.74, 6) is 1.90. The van der Waals surface area contributed by atoms with Crippen LogP contribution in [0.2, 0.25) is 0 Å². The Morgan fingerprint density at radius 2 is 2.00 bits per heavy atom. The molecule has 30 heavy (non-hydrogen) atoms. The first-order chi connectivity index (χ1) is 14.6. The molecule has 5 rings (SSSR count). The molecule has 1 saturated carbocycles. The molecule has 1 atom stereocenters. The van der Waals surface area contributed by atoms with Gasteiger partial charge in [0.2, 0.25) is 5.88 Å². The van der Waals surface area contributed by atoms with Crippen molar-refractivity contribution in [2.75, 3.05) is 39.8 Å². The molecule has 1 unspecified atom stereocenters. The molecule has 2 aliphatic heterocycles. The van der Waals surface area contributed by atoms with Crippen molar-refractivity contribution in [2.45, 2.75) is 38.4 Å². The van der Waals surface area contributed by atoms with Crippen LogP contribution < -0.4 is 19.5 Å². The lowest BCUT2D eigenvalue weighted by molar-refractivity contribution is -0.0510. The van der Waals surface area contributed by atoms with E-state index >= 15 is 0 Å². The minimum Gasteiger partial charge on any atom is -0.485 e. The van der Waals surface area contributed by atoms with E-state index in [9.17, 15) is 0 Å². The van der Waals surface area contributed by atoms with Gasteiger partial charge in [-0.15, -0.1) is 0 Å². The molecule has 0 aromatic carbocycles. The second kappa shape index (κ2) is 8.04. The lowest BCUT2D eigenvalue weighted by Gasteiger charge is -2.53. The Hall–Kier alpha value is -2.38. The van der Waals surface area contributed by atoms with Crippen molar-refractivity contribution in [3.8, 4) is 28.8 Å². The number of nitrogens with one attached hydrogen (secondary N) is 1. The fraction of sp³-hybridized carbons (Fsp3) is 0.565. The van der Waals surface area contributed by atoms with Crippen molar-refractivity contribution in [3.05, 3.63) is 30.5 Å². The molecule has 2 aromatic rings. The predicted molar refractivity (Wildman–Crippen MR) is 114 cm³/mol. The number of hydrogen-bond acceptors (Lipinski definition) is 7. The molecule has 1 aliphatic carbocycles. The van der Waals surface area contributed by atoms with Crippen LogP contribution >= 0.6 is 0 Å². The molecule has 3 fully saturated rings. The molecule has 1 N–H and O–H groups in total. The average Bonchev–Trinajstić information content (AvgIpc) is 3.09. The van der Waals surface area contributed by atoms with E-state index in [0.717, 1.165) is 62.4 Å². The van der Waals surface area contributed by atoms with Crippen LogP contribution in [-0.2, 0) is 0 Å². The van der Waals surface area contributed by atoms with E-state index in [-0.39, 0.29) is 12.2 Å². The van der Waals surface area contributed by atoms with Crippen LogP contribution in [0.4, 0.5) is 0 Å². The number of likely N-dealkylation sites (tertiary alicyclic amines) is 1. The van der Waals surface area contributed by atoms with Gasteiger partial charge in [0.1, 0.15) is 12.2 Å². The van der Waals surface area contributed by atoms with Gasteiger partial charge in [-0.25, -0.2) is 9.97 Å².